The minimum atomic E-state index is -0.946. The van der Waals surface area contributed by atoms with E-state index in [9.17, 15) is 14.9 Å². The quantitative estimate of drug-likeness (QED) is 0.666. The molecule has 1 aromatic heterocycles. The lowest BCUT2D eigenvalue weighted by atomic mass is 10.0. The third-order valence-electron chi connectivity index (χ3n) is 3.53. The molecule has 0 spiro atoms. The molecule has 1 aromatic rings. The van der Waals surface area contributed by atoms with Crippen LogP contribution in [0.3, 0.4) is 0 Å². The molecule has 108 valence electrons. The first-order valence-corrected chi connectivity index (χ1v) is 6.30. The fourth-order valence-electron chi connectivity index (χ4n) is 2.33. The van der Waals surface area contributed by atoms with Gasteiger partial charge in [0.05, 0.1) is 11.7 Å². The molecule has 0 bridgehead atoms. The number of anilines is 1. The molecule has 1 aliphatic rings. The van der Waals surface area contributed by atoms with Crippen LogP contribution < -0.4 is 4.90 Å². The molecule has 1 atom stereocenters. The van der Waals surface area contributed by atoms with Crippen molar-refractivity contribution >= 4 is 17.6 Å². The van der Waals surface area contributed by atoms with Crippen LogP contribution in [-0.2, 0) is 0 Å². The van der Waals surface area contributed by atoms with Gasteiger partial charge in [-0.2, -0.15) is 0 Å². The number of hydrogen-bond acceptors (Lipinski definition) is 5. The van der Waals surface area contributed by atoms with Gasteiger partial charge in [-0.1, -0.05) is 0 Å². The molecule has 1 aliphatic heterocycles. The molecule has 1 saturated heterocycles. The van der Waals surface area contributed by atoms with E-state index in [4.69, 9.17) is 5.11 Å². The Hall–Kier alpha value is -2.38. The van der Waals surface area contributed by atoms with Crippen molar-refractivity contribution in [1.82, 2.24) is 9.88 Å². The Morgan fingerprint density at radius 1 is 1.60 bits per heavy atom. The second-order valence-electron chi connectivity index (χ2n) is 4.77. The van der Waals surface area contributed by atoms with Crippen molar-refractivity contribution in [2.24, 2.45) is 0 Å². The summed E-state index contributed by atoms with van der Waals surface area (Å²) in [5.41, 5.74) is 0.777. The van der Waals surface area contributed by atoms with E-state index in [0.717, 1.165) is 25.1 Å². The van der Waals surface area contributed by atoms with Crippen LogP contribution in [0.4, 0.5) is 16.3 Å². The molecule has 8 nitrogen and oxygen atoms in total. The average Bonchev–Trinajstić information content (AvgIpc) is 2.46. The van der Waals surface area contributed by atoms with E-state index >= 15 is 0 Å². The first kappa shape index (κ1) is 14.0. The largest absolute Gasteiger partial charge is 0.465 e. The zero-order valence-electron chi connectivity index (χ0n) is 11.1. The van der Waals surface area contributed by atoms with Gasteiger partial charge in [0, 0.05) is 26.2 Å². The van der Waals surface area contributed by atoms with Gasteiger partial charge >= 0.3 is 11.9 Å². The predicted molar refractivity (Wildman–Crippen MR) is 71.9 cm³/mol. The highest BCUT2D eigenvalue weighted by molar-refractivity contribution is 5.65. The predicted octanol–water partition coefficient (Wildman–Crippen LogP) is 1.57. The maximum absolute atomic E-state index is 11.0. The molecule has 1 N–H and O–H groups in total. The lowest BCUT2D eigenvalue weighted by molar-refractivity contribution is -0.389. The fourth-order valence-corrected chi connectivity index (χ4v) is 2.33. The normalized spacial score (nSPS) is 18.6. The molecule has 0 aromatic carbocycles. The van der Waals surface area contributed by atoms with Gasteiger partial charge in [0.1, 0.15) is 0 Å². The van der Waals surface area contributed by atoms with Crippen LogP contribution in [0.5, 0.6) is 0 Å². The molecular formula is C12H16N4O4. The Balaban J connectivity index is 2.08. The Morgan fingerprint density at radius 2 is 2.35 bits per heavy atom. The molecule has 0 unspecified atom stereocenters. The number of pyridine rings is 1. The summed E-state index contributed by atoms with van der Waals surface area (Å²) in [7, 11) is 1.56. The molecular weight excluding hydrogens is 264 g/mol. The second kappa shape index (κ2) is 5.72. The maximum Gasteiger partial charge on any atom is 0.407 e. The number of rotatable bonds is 3. The van der Waals surface area contributed by atoms with E-state index in [-0.39, 0.29) is 11.9 Å². The second-order valence-corrected chi connectivity index (χ2v) is 4.77. The van der Waals surface area contributed by atoms with Crippen molar-refractivity contribution in [2.75, 3.05) is 25.0 Å². The third-order valence-corrected chi connectivity index (χ3v) is 3.53. The van der Waals surface area contributed by atoms with Crippen LogP contribution in [0, 0.1) is 10.1 Å². The van der Waals surface area contributed by atoms with E-state index in [0.29, 0.717) is 6.54 Å². The van der Waals surface area contributed by atoms with Gasteiger partial charge in [-0.15, -0.1) is 0 Å². The molecule has 0 radical (unpaired) electrons. The fraction of sp³-hybridized carbons (Fsp3) is 0.500. The molecule has 8 heteroatoms. The number of carboxylic acid groups (broad SMARTS) is 1. The van der Waals surface area contributed by atoms with Crippen molar-refractivity contribution < 1.29 is 14.8 Å². The summed E-state index contributed by atoms with van der Waals surface area (Å²) in [6.07, 6.45) is 2.21. The van der Waals surface area contributed by atoms with Crippen LogP contribution in [0.15, 0.2) is 18.3 Å². The van der Waals surface area contributed by atoms with Crippen molar-refractivity contribution in [3.63, 3.8) is 0 Å². The van der Waals surface area contributed by atoms with Crippen LogP contribution >= 0.6 is 0 Å². The Labute approximate surface area is 115 Å². The van der Waals surface area contributed by atoms with E-state index in [2.05, 4.69) is 4.98 Å². The average molecular weight is 280 g/mol. The Morgan fingerprint density at radius 3 is 2.90 bits per heavy atom. The first-order chi connectivity index (χ1) is 9.49. The minimum Gasteiger partial charge on any atom is -0.465 e. The van der Waals surface area contributed by atoms with Gasteiger partial charge in [0.25, 0.3) is 0 Å². The van der Waals surface area contributed by atoms with Crippen LogP contribution in [0.1, 0.15) is 12.8 Å². The van der Waals surface area contributed by atoms with Crippen molar-refractivity contribution in [2.45, 2.75) is 18.9 Å². The smallest absolute Gasteiger partial charge is 0.407 e. The monoisotopic (exact) mass is 280 g/mol. The summed E-state index contributed by atoms with van der Waals surface area (Å²) in [6.45, 7) is 1.37. The molecule has 1 amide bonds. The molecule has 0 saturated carbocycles. The van der Waals surface area contributed by atoms with E-state index < -0.39 is 11.0 Å². The number of piperidine rings is 1. The number of carbonyl (C=O) groups is 1. The standard InChI is InChI=1S/C12H16N4O4/c1-14(12(17)18)10-3-2-6-15(8-10)9-4-5-11(13-7-9)16(19)20/h4-5,7,10H,2-3,6,8H2,1H3,(H,17,18)/t10-/m1/s1. The number of hydrogen-bond donors (Lipinski definition) is 1. The topological polar surface area (TPSA) is 99.8 Å². The van der Waals surface area contributed by atoms with E-state index in [1.165, 1.54) is 17.2 Å². The van der Waals surface area contributed by atoms with Crippen LogP contribution in [-0.4, -0.2) is 52.2 Å². The summed E-state index contributed by atoms with van der Waals surface area (Å²) < 4.78 is 0. The zero-order chi connectivity index (χ0) is 14.7. The molecule has 0 aliphatic carbocycles. The van der Waals surface area contributed by atoms with Crippen molar-refractivity contribution in [1.29, 1.82) is 0 Å². The summed E-state index contributed by atoms with van der Waals surface area (Å²) in [5, 5.41) is 19.6. The van der Waals surface area contributed by atoms with Gasteiger partial charge in [0.2, 0.25) is 0 Å². The third kappa shape index (κ3) is 2.95. The van der Waals surface area contributed by atoms with Crippen molar-refractivity contribution in [3.05, 3.63) is 28.4 Å². The summed E-state index contributed by atoms with van der Waals surface area (Å²) in [4.78, 5) is 28.1. The van der Waals surface area contributed by atoms with Crippen LogP contribution in [0.2, 0.25) is 0 Å². The number of aromatic nitrogens is 1. The molecule has 2 rings (SSSR count). The van der Waals surface area contributed by atoms with E-state index in [1.54, 1.807) is 13.1 Å². The van der Waals surface area contributed by atoms with Gasteiger partial charge < -0.3 is 25.0 Å². The lowest BCUT2D eigenvalue weighted by Gasteiger charge is -2.37. The van der Waals surface area contributed by atoms with Gasteiger partial charge in [-0.3, -0.25) is 0 Å². The summed E-state index contributed by atoms with van der Waals surface area (Å²) in [5.74, 6) is -0.190. The maximum atomic E-state index is 11.0. The Bertz CT molecular complexity index is 505. The van der Waals surface area contributed by atoms with Gasteiger partial charge in [0.15, 0.2) is 6.20 Å². The molecule has 20 heavy (non-hydrogen) atoms. The highest BCUT2D eigenvalue weighted by Crippen LogP contribution is 2.22. The minimum absolute atomic E-state index is 0.0727. The number of amides is 1. The summed E-state index contributed by atoms with van der Waals surface area (Å²) >= 11 is 0. The summed E-state index contributed by atoms with van der Waals surface area (Å²) in [6, 6.07) is 2.94. The SMILES string of the molecule is CN(C(=O)O)[C@@H]1CCCN(c2ccc([N+](=O)[O-])nc2)C1. The number of nitrogens with zero attached hydrogens (tertiary/aromatic N) is 4. The van der Waals surface area contributed by atoms with Gasteiger partial charge in [-0.25, -0.2) is 4.79 Å². The molecule has 1 fully saturated rings. The zero-order valence-corrected chi connectivity index (χ0v) is 11.1. The number of likely N-dealkylation sites (N-methyl/N-ethyl adjacent to an activating group) is 1. The van der Waals surface area contributed by atoms with Gasteiger partial charge in [-0.05, 0) is 28.8 Å². The van der Waals surface area contributed by atoms with E-state index in [1.807, 2.05) is 4.90 Å². The lowest BCUT2D eigenvalue weighted by Crippen LogP contribution is -2.48. The first-order valence-electron chi connectivity index (χ1n) is 6.30. The molecule has 2 heterocycles. The Kier molecular flexibility index (Phi) is 4.02. The highest BCUT2D eigenvalue weighted by atomic mass is 16.6. The van der Waals surface area contributed by atoms with Crippen LogP contribution in [0.25, 0.3) is 0 Å². The van der Waals surface area contributed by atoms with Crippen molar-refractivity contribution in [3.8, 4) is 0 Å². The number of nitro groups is 1. The highest BCUT2D eigenvalue weighted by Gasteiger charge is 2.26.